The minimum Gasteiger partial charge on any atom is -0.478 e. The quantitative estimate of drug-likeness (QED) is 0.892. The molecule has 2 amide bonds. The Kier molecular flexibility index (Phi) is 3.15. The molecule has 1 aromatic heterocycles. The third-order valence-electron chi connectivity index (χ3n) is 3.24. The highest BCUT2D eigenvalue weighted by Gasteiger charge is 2.24. The number of carbonyl (C=O) groups is 2. The Labute approximate surface area is 119 Å². The molecule has 0 bridgehead atoms. The molecule has 0 aliphatic carbocycles. The van der Waals surface area contributed by atoms with E-state index in [9.17, 15) is 9.59 Å². The van der Waals surface area contributed by atoms with Gasteiger partial charge >= 0.3 is 12.0 Å². The van der Waals surface area contributed by atoms with Gasteiger partial charge in [-0.1, -0.05) is 6.07 Å². The monoisotopic (exact) mass is 288 g/mol. The van der Waals surface area contributed by atoms with Gasteiger partial charge in [-0.3, -0.25) is 0 Å². The van der Waals surface area contributed by atoms with E-state index in [0.29, 0.717) is 13.1 Å². The van der Waals surface area contributed by atoms with Gasteiger partial charge in [-0.05, 0) is 34.7 Å². The van der Waals surface area contributed by atoms with Crippen molar-refractivity contribution >= 4 is 29.0 Å². The first-order valence-corrected chi connectivity index (χ1v) is 7.01. The summed E-state index contributed by atoms with van der Waals surface area (Å²) in [6.45, 7) is 0.942. The zero-order valence-electron chi connectivity index (χ0n) is 10.5. The number of hydrogen-bond donors (Lipinski definition) is 2. The summed E-state index contributed by atoms with van der Waals surface area (Å²) < 4.78 is 0. The molecule has 0 atom stereocenters. The maximum atomic E-state index is 12.1. The zero-order chi connectivity index (χ0) is 14.1. The van der Waals surface area contributed by atoms with Crippen molar-refractivity contribution in [3.63, 3.8) is 0 Å². The Balaban J connectivity index is 1.73. The van der Waals surface area contributed by atoms with Crippen LogP contribution in [0.1, 0.15) is 21.5 Å². The van der Waals surface area contributed by atoms with Crippen LogP contribution in [0.15, 0.2) is 35.0 Å². The van der Waals surface area contributed by atoms with Crippen LogP contribution in [0.4, 0.5) is 10.5 Å². The third kappa shape index (κ3) is 2.37. The highest BCUT2D eigenvalue weighted by molar-refractivity contribution is 7.08. The topological polar surface area (TPSA) is 69.6 Å². The van der Waals surface area contributed by atoms with Crippen LogP contribution < -0.4 is 5.32 Å². The van der Waals surface area contributed by atoms with E-state index < -0.39 is 5.97 Å². The van der Waals surface area contributed by atoms with Gasteiger partial charge in [0, 0.05) is 18.5 Å². The van der Waals surface area contributed by atoms with Crippen LogP contribution in [-0.2, 0) is 13.1 Å². The lowest BCUT2D eigenvalue weighted by Crippen LogP contribution is -2.29. The van der Waals surface area contributed by atoms with Crippen molar-refractivity contribution < 1.29 is 14.7 Å². The molecule has 0 radical (unpaired) electrons. The van der Waals surface area contributed by atoms with Crippen molar-refractivity contribution in [2.45, 2.75) is 13.1 Å². The number of thiophene rings is 1. The Morgan fingerprint density at radius 3 is 2.70 bits per heavy atom. The van der Waals surface area contributed by atoms with Crippen LogP contribution in [0.25, 0.3) is 0 Å². The molecule has 0 saturated carbocycles. The predicted octanol–water partition coefficient (Wildman–Crippen LogP) is 2.99. The molecule has 2 N–H and O–H groups in total. The molecule has 20 heavy (non-hydrogen) atoms. The second-order valence-electron chi connectivity index (χ2n) is 4.59. The molecule has 102 valence electrons. The molecule has 0 spiro atoms. The van der Waals surface area contributed by atoms with Gasteiger partial charge < -0.3 is 15.3 Å². The molecular formula is C14H12N2O3S. The first-order chi connectivity index (χ1) is 9.63. The molecular weight excluding hydrogens is 276 g/mol. The molecule has 1 aromatic carbocycles. The second-order valence-corrected chi connectivity index (χ2v) is 5.37. The average Bonchev–Trinajstić information content (AvgIpc) is 3.05. The molecule has 1 aliphatic heterocycles. The predicted molar refractivity (Wildman–Crippen MR) is 76.0 cm³/mol. The van der Waals surface area contributed by atoms with Crippen LogP contribution in [-0.4, -0.2) is 22.0 Å². The van der Waals surface area contributed by atoms with Crippen molar-refractivity contribution in [1.82, 2.24) is 4.90 Å². The fraction of sp³-hybridized carbons (Fsp3) is 0.143. The molecule has 5 nitrogen and oxygen atoms in total. The van der Waals surface area contributed by atoms with Crippen molar-refractivity contribution in [3.05, 3.63) is 51.7 Å². The number of amides is 2. The maximum absolute atomic E-state index is 12.1. The molecule has 2 heterocycles. The molecule has 0 fully saturated rings. The first kappa shape index (κ1) is 12.7. The molecule has 2 aromatic rings. The lowest BCUT2D eigenvalue weighted by atomic mass is 10.1. The Morgan fingerprint density at radius 1 is 1.20 bits per heavy atom. The summed E-state index contributed by atoms with van der Waals surface area (Å²) in [5.74, 6) is -0.950. The summed E-state index contributed by atoms with van der Waals surface area (Å²) in [6.07, 6.45) is 0. The van der Waals surface area contributed by atoms with Crippen LogP contribution >= 0.6 is 11.3 Å². The lowest BCUT2D eigenvalue weighted by molar-refractivity contribution is 0.0696. The maximum Gasteiger partial charge on any atom is 0.335 e. The molecule has 0 unspecified atom stereocenters. The van der Waals surface area contributed by atoms with Gasteiger partial charge in [0.25, 0.3) is 0 Å². The highest BCUT2D eigenvalue weighted by atomic mass is 32.1. The molecule has 0 saturated heterocycles. The Hall–Kier alpha value is -2.34. The smallest absolute Gasteiger partial charge is 0.335 e. The number of aromatic carboxylic acids is 1. The van der Waals surface area contributed by atoms with Gasteiger partial charge in [-0.2, -0.15) is 11.3 Å². The van der Waals surface area contributed by atoms with Crippen LogP contribution in [0, 0.1) is 0 Å². The van der Waals surface area contributed by atoms with Crippen LogP contribution in [0.3, 0.4) is 0 Å². The normalized spacial score (nSPS) is 13.1. The number of rotatable bonds is 2. The number of carboxylic acids is 1. The summed E-state index contributed by atoms with van der Waals surface area (Å²) in [4.78, 5) is 24.7. The zero-order valence-corrected chi connectivity index (χ0v) is 11.3. The second kappa shape index (κ2) is 4.97. The van der Waals surface area contributed by atoms with Crippen molar-refractivity contribution in [1.29, 1.82) is 0 Å². The van der Waals surface area contributed by atoms with Crippen LogP contribution in [0.2, 0.25) is 0 Å². The minimum atomic E-state index is -0.950. The number of fused-ring (bicyclic) bond motifs is 1. The van der Waals surface area contributed by atoms with Gasteiger partial charge in [0.2, 0.25) is 0 Å². The fourth-order valence-electron chi connectivity index (χ4n) is 2.21. The van der Waals surface area contributed by atoms with Gasteiger partial charge in [-0.25, -0.2) is 9.59 Å². The summed E-state index contributed by atoms with van der Waals surface area (Å²) in [5, 5.41) is 15.5. The highest BCUT2D eigenvalue weighted by Crippen LogP contribution is 2.25. The van der Waals surface area contributed by atoms with Gasteiger partial charge in [0.05, 0.1) is 11.3 Å². The van der Waals surface area contributed by atoms with E-state index in [1.165, 1.54) is 11.3 Å². The summed E-state index contributed by atoms with van der Waals surface area (Å²) in [7, 11) is 0. The number of urea groups is 1. The van der Waals surface area contributed by atoms with Gasteiger partial charge in [0.1, 0.15) is 0 Å². The molecule has 1 aliphatic rings. The van der Waals surface area contributed by atoms with E-state index in [-0.39, 0.29) is 11.6 Å². The summed E-state index contributed by atoms with van der Waals surface area (Å²) >= 11 is 1.52. The molecule has 6 heteroatoms. The number of benzene rings is 1. The standard InChI is InChI=1S/C14H12N2O3S/c17-13(18)9-1-2-10-6-16(7-11(10)5-9)14(19)15-12-3-4-20-8-12/h1-5,8H,6-7H2,(H,15,19)(H,17,18). The SMILES string of the molecule is O=C(O)c1ccc2c(c1)CN(C(=O)Nc1ccsc1)C2. The number of nitrogens with zero attached hydrogens (tertiary/aromatic N) is 1. The van der Waals surface area contributed by atoms with E-state index in [1.54, 1.807) is 23.1 Å². The van der Waals surface area contributed by atoms with E-state index in [4.69, 9.17) is 5.11 Å². The summed E-state index contributed by atoms with van der Waals surface area (Å²) in [6, 6.07) is 6.65. The van der Waals surface area contributed by atoms with E-state index in [1.807, 2.05) is 16.8 Å². The Morgan fingerprint density at radius 2 is 2.00 bits per heavy atom. The Bertz CT molecular complexity index is 667. The van der Waals surface area contributed by atoms with Crippen molar-refractivity contribution in [3.8, 4) is 0 Å². The number of carboxylic acid groups (broad SMARTS) is 1. The number of carbonyl (C=O) groups excluding carboxylic acids is 1. The number of nitrogens with one attached hydrogen (secondary N) is 1. The van der Waals surface area contributed by atoms with E-state index in [2.05, 4.69) is 5.32 Å². The van der Waals surface area contributed by atoms with Gasteiger partial charge in [-0.15, -0.1) is 0 Å². The van der Waals surface area contributed by atoms with Gasteiger partial charge in [0.15, 0.2) is 0 Å². The number of hydrogen-bond acceptors (Lipinski definition) is 3. The van der Waals surface area contributed by atoms with Crippen molar-refractivity contribution in [2.24, 2.45) is 0 Å². The first-order valence-electron chi connectivity index (χ1n) is 6.07. The number of anilines is 1. The molecule has 3 rings (SSSR count). The fourth-order valence-corrected chi connectivity index (χ4v) is 2.80. The third-order valence-corrected chi connectivity index (χ3v) is 3.92. The van der Waals surface area contributed by atoms with E-state index >= 15 is 0 Å². The van der Waals surface area contributed by atoms with E-state index in [0.717, 1.165) is 16.8 Å². The lowest BCUT2D eigenvalue weighted by Gasteiger charge is -2.15. The van der Waals surface area contributed by atoms with Crippen LogP contribution in [0.5, 0.6) is 0 Å². The largest absolute Gasteiger partial charge is 0.478 e. The average molecular weight is 288 g/mol. The minimum absolute atomic E-state index is 0.170. The van der Waals surface area contributed by atoms with Crippen molar-refractivity contribution in [2.75, 3.05) is 5.32 Å². The summed E-state index contributed by atoms with van der Waals surface area (Å²) in [5.41, 5.74) is 2.92.